The van der Waals surface area contributed by atoms with Crippen LogP contribution < -0.4 is 5.32 Å². The lowest BCUT2D eigenvalue weighted by Crippen LogP contribution is -2.34. The molecule has 0 radical (unpaired) electrons. The standard InChI is InChI=1S/C16H19N3/c1-18-11-16(6-2-3-7-16)13-4-5-15-14(8-13)12(9-17)10-19-15/h4-5,8,10,18-19H,2-3,6-7,11H2,1H3. The fourth-order valence-electron chi connectivity index (χ4n) is 3.50. The van der Waals surface area contributed by atoms with Crippen LogP contribution in [0.2, 0.25) is 0 Å². The van der Waals surface area contributed by atoms with Gasteiger partial charge in [-0.15, -0.1) is 0 Å². The van der Waals surface area contributed by atoms with Gasteiger partial charge < -0.3 is 10.3 Å². The lowest BCUT2D eigenvalue weighted by molar-refractivity contribution is 0.421. The van der Waals surface area contributed by atoms with E-state index in [1.54, 1.807) is 6.20 Å². The summed E-state index contributed by atoms with van der Waals surface area (Å²) in [6, 6.07) is 8.82. The third-order valence-corrected chi connectivity index (χ3v) is 4.49. The van der Waals surface area contributed by atoms with E-state index in [2.05, 4.69) is 34.6 Å². The molecule has 98 valence electrons. The lowest BCUT2D eigenvalue weighted by atomic mass is 9.78. The largest absolute Gasteiger partial charge is 0.360 e. The van der Waals surface area contributed by atoms with Gasteiger partial charge in [0.1, 0.15) is 6.07 Å². The predicted molar refractivity (Wildman–Crippen MR) is 77.1 cm³/mol. The van der Waals surface area contributed by atoms with Gasteiger partial charge in [-0.3, -0.25) is 0 Å². The first-order valence-corrected chi connectivity index (χ1v) is 6.95. The third kappa shape index (κ3) is 1.93. The molecule has 1 aromatic carbocycles. The van der Waals surface area contributed by atoms with E-state index in [9.17, 15) is 0 Å². The van der Waals surface area contributed by atoms with Gasteiger partial charge in [-0.25, -0.2) is 0 Å². The third-order valence-electron chi connectivity index (χ3n) is 4.49. The monoisotopic (exact) mass is 253 g/mol. The summed E-state index contributed by atoms with van der Waals surface area (Å²) in [4.78, 5) is 3.16. The topological polar surface area (TPSA) is 51.6 Å². The molecule has 0 bridgehead atoms. The van der Waals surface area contributed by atoms with E-state index in [0.717, 1.165) is 23.0 Å². The molecule has 0 amide bonds. The highest BCUT2D eigenvalue weighted by molar-refractivity contribution is 5.86. The van der Waals surface area contributed by atoms with Crippen molar-refractivity contribution in [2.45, 2.75) is 31.1 Å². The summed E-state index contributed by atoms with van der Waals surface area (Å²) in [6.45, 7) is 1.02. The molecule has 2 N–H and O–H groups in total. The summed E-state index contributed by atoms with van der Waals surface area (Å²) >= 11 is 0. The molecule has 19 heavy (non-hydrogen) atoms. The second kappa shape index (κ2) is 4.71. The van der Waals surface area contributed by atoms with E-state index in [4.69, 9.17) is 5.26 Å². The average Bonchev–Trinajstić information content (AvgIpc) is 3.05. The summed E-state index contributed by atoms with van der Waals surface area (Å²) in [5.41, 5.74) is 3.43. The fraction of sp³-hybridized carbons (Fsp3) is 0.438. The Hall–Kier alpha value is -1.79. The molecule has 1 aromatic heterocycles. The zero-order valence-electron chi connectivity index (χ0n) is 11.3. The number of nitrogens with zero attached hydrogens (tertiary/aromatic N) is 1. The first-order chi connectivity index (χ1) is 9.29. The SMILES string of the molecule is CNCC1(c2ccc3[nH]cc(C#N)c3c2)CCCC1. The van der Waals surface area contributed by atoms with E-state index in [-0.39, 0.29) is 5.41 Å². The van der Waals surface area contributed by atoms with E-state index in [0.29, 0.717) is 0 Å². The van der Waals surface area contributed by atoms with Gasteiger partial charge in [0.2, 0.25) is 0 Å². The highest BCUT2D eigenvalue weighted by Gasteiger charge is 2.35. The molecule has 1 aliphatic rings. The summed E-state index contributed by atoms with van der Waals surface area (Å²) in [7, 11) is 2.02. The van der Waals surface area contributed by atoms with Crippen LogP contribution in [-0.4, -0.2) is 18.6 Å². The molecule has 3 nitrogen and oxygen atoms in total. The first kappa shape index (κ1) is 12.3. The van der Waals surface area contributed by atoms with Crippen LogP contribution in [-0.2, 0) is 5.41 Å². The Labute approximate surface area is 113 Å². The maximum absolute atomic E-state index is 9.17. The van der Waals surface area contributed by atoms with Crippen molar-refractivity contribution in [3.63, 3.8) is 0 Å². The number of nitriles is 1. The number of H-pyrrole nitrogens is 1. The van der Waals surface area contributed by atoms with Crippen molar-refractivity contribution >= 4 is 10.9 Å². The maximum Gasteiger partial charge on any atom is 0.101 e. The molecule has 3 heteroatoms. The van der Waals surface area contributed by atoms with Crippen LogP contribution in [0.15, 0.2) is 24.4 Å². The quantitative estimate of drug-likeness (QED) is 0.883. The van der Waals surface area contributed by atoms with Gasteiger partial charge >= 0.3 is 0 Å². The van der Waals surface area contributed by atoms with Crippen LogP contribution >= 0.6 is 0 Å². The second-order valence-corrected chi connectivity index (χ2v) is 5.59. The van der Waals surface area contributed by atoms with E-state index in [1.807, 2.05) is 7.05 Å². The van der Waals surface area contributed by atoms with Crippen molar-refractivity contribution in [1.29, 1.82) is 5.26 Å². The van der Waals surface area contributed by atoms with E-state index in [1.165, 1.54) is 31.2 Å². The van der Waals surface area contributed by atoms with E-state index >= 15 is 0 Å². The molecule has 1 aliphatic carbocycles. The van der Waals surface area contributed by atoms with Crippen molar-refractivity contribution in [2.24, 2.45) is 0 Å². The van der Waals surface area contributed by atoms with E-state index < -0.39 is 0 Å². The number of fused-ring (bicyclic) bond motifs is 1. The number of aromatic nitrogens is 1. The van der Waals surface area contributed by atoms with Crippen molar-refractivity contribution in [3.8, 4) is 6.07 Å². The maximum atomic E-state index is 9.17. The molecule has 0 unspecified atom stereocenters. The van der Waals surface area contributed by atoms with Crippen LogP contribution in [0.3, 0.4) is 0 Å². The summed E-state index contributed by atoms with van der Waals surface area (Å²) < 4.78 is 0. The van der Waals surface area contributed by atoms with Crippen molar-refractivity contribution in [2.75, 3.05) is 13.6 Å². The van der Waals surface area contributed by atoms with Crippen LogP contribution in [0.25, 0.3) is 10.9 Å². The van der Waals surface area contributed by atoms with Crippen LogP contribution in [0.1, 0.15) is 36.8 Å². The van der Waals surface area contributed by atoms with Crippen LogP contribution in [0.5, 0.6) is 0 Å². The van der Waals surface area contributed by atoms with Crippen molar-refractivity contribution in [1.82, 2.24) is 10.3 Å². The molecule has 1 fully saturated rings. The summed E-state index contributed by atoms with van der Waals surface area (Å²) in [5, 5.41) is 13.6. The van der Waals surface area contributed by atoms with Gasteiger partial charge in [-0.1, -0.05) is 18.9 Å². The summed E-state index contributed by atoms with van der Waals surface area (Å²) in [6.07, 6.45) is 6.89. The molecule has 1 saturated carbocycles. The molecular formula is C16H19N3. The Morgan fingerprint density at radius 3 is 2.84 bits per heavy atom. The van der Waals surface area contributed by atoms with Gasteiger partial charge in [0.05, 0.1) is 5.56 Å². The van der Waals surface area contributed by atoms with Gasteiger partial charge in [-0.2, -0.15) is 5.26 Å². The zero-order valence-corrected chi connectivity index (χ0v) is 11.3. The molecule has 0 atom stereocenters. The minimum absolute atomic E-state index is 0.257. The number of likely N-dealkylation sites (N-methyl/N-ethyl adjacent to an activating group) is 1. The molecule has 0 saturated heterocycles. The lowest BCUT2D eigenvalue weighted by Gasteiger charge is -2.29. The molecule has 0 spiro atoms. The highest BCUT2D eigenvalue weighted by Crippen LogP contribution is 2.41. The zero-order chi connectivity index (χ0) is 13.3. The van der Waals surface area contributed by atoms with Crippen molar-refractivity contribution in [3.05, 3.63) is 35.5 Å². The van der Waals surface area contributed by atoms with Gasteiger partial charge in [-0.05, 0) is 37.6 Å². The Morgan fingerprint density at radius 1 is 1.37 bits per heavy atom. The van der Waals surface area contributed by atoms with Gasteiger partial charge in [0.15, 0.2) is 0 Å². The Balaban J connectivity index is 2.11. The van der Waals surface area contributed by atoms with Crippen molar-refractivity contribution < 1.29 is 0 Å². The van der Waals surface area contributed by atoms with Gasteiger partial charge in [0, 0.05) is 29.1 Å². The predicted octanol–water partition coefficient (Wildman–Crippen LogP) is 3.07. The summed E-state index contributed by atoms with van der Waals surface area (Å²) in [5.74, 6) is 0. The van der Waals surface area contributed by atoms with Crippen LogP contribution in [0.4, 0.5) is 0 Å². The molecule has 1 heterocycles. The number of nitrogens with one attached hydrogen (secondary N) is 2. The fourth-order valence-corrected chi connectivity index (χ4v) is 3.50. The number of hydrogen-bond donors (Lipinski definition) is 2. The van der Waals surface area contributed by atoms with Gasteiger partial charge in [0.25, 0.3) is 0 Å². The van der Waals surface area contributed by atoms with Crippen LogP contribution in [0, 0.1) is 11.3 Å². The average molecular weight is 253 g/mol. The number of aromatic amines is 1. The Morgan fingerprint density at radius 2 is 2.16 bits per heavy atom. The number of hydrogen-bond acceptors (Lipinski definition) is 2. The molecule has 3 rings (SSSR count). The Kier molecular flexibility index (Phi) is 3.04. The first-order valence-electron chi connectivity index (χ1n) is 6.95. The molecule has 0 aliphatic heterocycles. The highest BCUT2D eigenvalue weighted by atomic mass is 14.8. The normalized spacial score (nSPS) is 17.7. The smallest absolute Gasteiger partial charge is 0.101 e. The minimum atomic E-state index is 0.257. The molecular weight excluding hydrogens is 234 g/mol. The number of benzene rings is 1. The number of rotatable bonds is 3. The minimum Gasteiger partial charge on any atom is -0.360 e. The second-order valence-electron chi connectivity index (χ2n) is 5.59. The molecule has 2 aromatic rings. The Bertz CT molecular complexity index is 627.